The highest BCUT2D eigenvalue weighted by Crippen LogP contribution is 2.56. The normalized spacial score (nSPS) is 18.9. The molecule has 13 heteroatoms. The third-order valence-electron chi connectivity index (χ3n) is 7.86. The number of carbonyl (C=O) groups is 1. The Bertz CT molecular complexity index is 1600. The molecular formula is C28H36N6O5S2. The second kappa shape index (κ2) is 11.0. The first-order chi connectivity index (χ1) is 19.4. The highest BCUT2D eigenvalue weighted by atomic mass is 32.3. The highest BCUT2D eigenvalue weighted by molar-refractivity contribution is 8.22. The number of thiazole rings is 1. The van der Waals surface area contributed by atoms with Gasteiger partial charge in [-0.1, -0.05) is 29.0 Å². The number of aryl methyl sites for hydroxylation is 3. The van der Waals surface area contributed by atoms with Gasteiger partial charge in [0.05, 0.1) is 35.6 Å². The van der Waals surface area contributed by atoms with Gasteiger partial charge in [0.25, 0.3) is 0 Å². The number of fused-ring (bicyclic) bond motifs is 2. The van der Waals surface area contributed by atoms with Crippen LogP contribution in [-0.4, -0.2) is 62.1 Å². The molecule has 3 N–H and O–H groups in total. The van der Waals surface area contributed by atoms with E-state index in [0.717, 1.165) is 27.0 Å². The molecule has 0 saturated carbocycles. The number of pyridine rings is 1. The molecule has 0 amide bonds. The number of hydrogen-bond acceptors (Lipinski definition) is 10. The number of benzene rings is 1. The smallest absolute Gasteiger partial charge is 0.310 e. The fourth-order valence-corrected chi connectivity index (χ4v) is 8.03. The molecule has 1 aliphatic heterocycles. The van der Waals surface area contributed by atoms with Crippen LogP contribution in [0.25, 0.3) is 11.0 Å². The van der Waals surface area contributed by atoms with Gasteiger partial charge in [0, 0.05) is 17.6 Å². The summed E-state index contributed by atoms with van der Waals surface area (Å²) in [5.74, 6) is -1.15. The SMILES string of the molecule is CC[C@@H]1CN(Cc2nc([C@@H](c3ccc4c(nnn4CC)c3C)C(C)(C)C(=O)O)sc2C)S(O)(O)c2ncccc2O1. The zero-order chi connectivity index (χ0) is 29.7. The summed E-state index contributed by atoms with van der Waals surface area (Å²) in [6.45, 7) is 12.4. The van der Waals surface area contributed by atoms with Crippen LogP contribution in [0.1, 0.15) is 66.7 Å². The Morgan fingerprint density at radius 2 is 2.00 bits per heavy atom. The molecule has 4 aromatic rings. The fourth-order valence-electron chi connectivity index (χ4n) is 5.28. The highest BCUT2D eigenvalue weighted by Gasteiger charge is 2.43. The minimum absolute atomic E-state index is 0.109. The van der Waals surface area contributed by atoms with Gasteiger partial charge in [0.15, 0.2) is 5.75 Å². The predicted octanol–water partition coefficient (Wildman–Crippen LogP) is 5.86. The van der Waals surface area contributed by atoms with Crippen LogP contribution in [0.15, 0.2) is 35.5 Å². The minimum Gasteiger partial charge on any atom is -0.485 e. The van der Waals surface area contributed by atoms with Gasteiger partial charge in [0.2, 0.25) is 5.03 Å². The molecule has 0 unspecified atom stereocenters. The minimum atomic E-state index is -3.46. The van der Waals surface area contributed by atoms with Gasteiger partial charge in [-0.2, -0.15) is 4.31 Å². The van der Waals surface area contributed by atoms with E-state index in [0.29, 0.717) is 29.4 Å². The van der Waals surface area contributed by atoms with E-state index in [2.05, 4.69) is 15.3 Å². The van der Waals surface area contributed by atoms with Gasteiger partial charge < -0.3 is 9.84 Å². The van der Waals surface area contributed by atoms with Crippen molar-refractivity contribution in [3.63, 3.8) is 0 Å². The van der Waals surface area contributed by atoms with Crippen LogP contribution < -0.4 is 4.74 Å². The van der Waals surface area contributed by atoms with Crippen LogP contribution in [0.3, 0.4) is 0 Å². The number of nitrogens with zero attached hydrogens (tertiary/aromatic N) is 6. The van der Waals surface area contributed by atoms with Crippen LogP contribution >= 0.6 is 22.1 Å². The molecule has 1 aromatic carbocycles. The zero-order valence-corrected chi connectivity index (χ0v) is 25.7. The molecule has 5 rings (SSSR count). The number of hydrogen-bond donors (Lipinski definition) is 3. The summed E-state index contributed by atoms with van der Waals surface area (Å²) in [6.07, 6.45) is 1.92. The van der Waals surface area contributed by atoms with E-state index in [1.807, 2.05) is 44.5 Å². The number of rotatable bonds is 8. The van der Waals surface area contributed by atoms with Crippen molar-refractivity contribution in [2.45, 2.75) is 78.1 Å². The van der Waals surface area contributed by atoms with Gasteiger partial charge in [-0.3, -0.25) is 13.9 Å². The van der Waals surface area contributed by atoms with Crippen LogP contribution in [0.4, 0.5) is 0 Å². The third-order valence-corrected chi connectivity index (χ3v) is 10.8. The molecule has 220 valence electrons. The lowest BCUT2D eigenvalue weighted by Gasteiger charge is -2.40. The lowest BCUT2D eigenvalue weighted by Crippen LogP contribution is -2.35. The Hall–Kier alpha value is -3.10. The van der Waals surface area contributed by atoms with Crippen molar-refractivity contribution in [1.29, 1.82) is 0 Å². The summed E-state index contributed by atoms with van der Waals surface area (Å²) < 4.78 is 32.3. The number of carboxylic acids is 1. The van der Waals surface area contributed by atoms with E-state index in [4.69, 9.17) is 9.72 Å². The lowest BCUT2D eigenvalue weighted by molar-refractivity contribution is -0.147. The van der Waals surface area contributed by atoms with Crippen molar-refractivity contribution in [2.24, 2.45) is 5.41 Å². The number of carboxylic acid groups (broad SMARTS) is 1. The van der Waals surface area contributed by atoms with Gasteiger partial charge in [-0.15, -0.1) is 16.4 Å². The maximum Gasteiger partial charge on any atom is 0.310 e. The molecule has 2 atom stereocenters. The third kappa shape index (κ3) is 5.10. The van der Waals surface area contributed by atoms with E-state index in [1.54, 1.807) is 30.3 Å². The summed E-state index contributed by atoms with van der Waals surface area (Å²) in [4.78, 5) is 22.7. The van der Waals surface area contributed by atoms with E-state index in [-0.39, 0.29) is 24.2 Å². The van der Waals surface area contributed by atoms with Gasteiger partial charge in [-0.25, -0.2) is 14.6 Å². The predicted molar refractivity (Wildman–Crippen MR) is 159 cm³/mol. The molecule has 3 aromatic heterocycles. The number of ether oxygens (including phenoxy) is 1. The van der Waals surface area contributed by atoms with E-state index < -0.39 is 28.1 Å². The molecule has 0 bridgehead atoms. The average Bonchev–Trinajstić information content (AvgIpc) is 3.49. The molecule has 0 aliphatic carbocycles. The Morgan fingerprint density at radius 3 is 2.68 bits per heavy atom. The van der Waals surface area contributed by atoms with E-state index in [9.17, 15) is 19.0 Å². The van der Waals surface area contributed by atoms with Crippen molar-refractivity contribution in [3.8, 4) is 5.75 Å². The second-order valence-electron chi connectivity index (χ2n) is 10.9. The Balaban J connectivity index is 1.58. The Labute approximate surface area is 244 Å². The monoisotopic (exact) mass is 600 g/mol. The fraction of sp³-hybridized carbons (Fsp3) is 0.464. The van der Waals surface area contributed by atoms with Gasteiger partial charge in [0.1, 0.15) is 16.6 Å². The molecule has 4 heterocycles. The number of aromatic nitrogens is 5. The summed E-state index contributed by atoms with van der Waals surface area (Å²) in [6, 6.07) is 7.30. The average molecular weight is 601 g/mol. The van der Waals surface area contributed by atoms with Crippen molar-refractivity contribution < 1.29 is 23.7 Å². The van der Waals surface area contributed by atoms with Crippen LogP contribution in [0, 0.1) is 19.3 Å². The van der Waals surface area contributed by atoms with Crippen molar-refractivity contribution >= 4 is 39.1 Å². The Morgan fingerprint density at radius 1 is 1.24 bits per heavy atom. The van der Waals surface area contributed by atoms with E-state index >= 15 is 0 Å². The summed E-state index contributed by atoms with van der Waals surface area (Å²) in [7, 11) is -3.46. The van der Waals surface area contributed by atoms with Gasteiger partial charge >= 0.3 is 5.97 Å². The van der Waals surface area contributed by atoms with E-state index in [1.165, 1.54) is 17.5 Å². The molecule has 0 radical (unpaired) electrons. The van der Waals surface area contributed by atoms with Crippen molar-refractivity contribution in [1.82, 2.24) is 29.3 Å². The topological polar surface area (TPSA) is 147 Å². The van der Waals surface area contributed by atoms with Crippen molar-refractivity contribution in [2.75, 3.05) is 6.54 Å². The first-order valence-electron chi connectivity index (χ1n) is 13.6. The maximum atomic E-state index is 12.6. The standard InChI is InChI=1S/C28H36N6O5S2/c1-7-18-14-33(41(37,38)26-22(39-18)10-9-13-29-26)15-20-17(4)40-25(30-20)23(28(5,6)27(35)36)19-11-12-21-24(16(19)3)31-32-34(21)8-2/h9-13,18,23,37-38H,7-8,14-15H2,1-6H3,(H,35,36)/t18-,23-/m1/s1. The molecule has 0 fully saturated rings. The van der Waals surface area contributed by atoms with Crippen LogP contribution in [0.2, 0.25) is 0 Å². The first-order valence-corrected chi connectivity index (χ1v) is 15.9. The largest absolute Gasteiger partial charge is 0.485 e. The lowest BCUT2D eigenvalue weighted by atomic mass is 9.74. The zero-order valence-electron chi connectivity index (χ0n) is 24.0. The summed E-state index contributed by atoms with van der Waals surface area (Å²) in [5, 5.41) is 19.7. The molecular weight excluding hydrogens is 564 g/mol. The van der Waals surface area contributed by atoms with Crippen LogP contribution in [-0.2, 0) is 17.9 Å². The second-order valence-corrected chi connectivity index (χ2v) is 14.0. The summed E-state index contributed by atoms with van der Waals surface area (Å²) >= 11 is 1.43. The molecule has 11 nitrogen and oxygen atoms in total. The number of aliphatic carboxylic acids is 1. The molecule has 41 heavy (non-hydrogen) atoms. The van der Waals surface area contributed by atoms with Gasteiger partial charge in [-0.05, 0) is 70.4 Å². The van der Waals surface area contributed by atoms with Crippen molar-refractivity contribution in [3.05, 3.63) is 57.2 Å². The summed E-state index contributed by atoms with van der Waals surface area (Å²) in [5.41, 5.74) is 2.77. The first kappa shape index (κ1) is 29.4. The molecule has 0 saturated heterocycles. The maximum absolute atomic E-state index is 12.6. The molecule has 1 aliphatic rings. The Kier molecular flexibility index (Phi) is 7.85. The molecule has 0 spiro atoms. The van der Waals surface area contributed by atoms with Crippen LogP contribution in [0.5, 0.6) is 5.75 Å². The quantitative estimate of drug-likeness (QED) is 0.225.